The first-order valence-corrected chi connectivity index (χ1v) is 9.59. The van der Waals surface area contributed by atoms with E-state index in [1.54, 1.807) is 30.3 Å². The third kappa shape index (κ3) is 4.50. The third-order valence-corrected chi connectivity index (χ3v) is 4.96. The number of hydrogen-bond acceptors (Lipinski definition) is 4. The molecule has 3 aromatic rings. The summed E-state index contributed by atoms with van der Waals surface area (Å²) in [5.74, 6) is 0.381. The van der Waals surface area contributed by atoms with Crippen LogP contribution in [0.4, 0.5) is 0 Å². The highest BCUT2D eigenvalue weighted by Crippen LogP contribution is 2.24. The van der Waals surface area contributed by atoms with Gasteiger partial charge in [-0.05, 0) is 42.0 Å². The number of rotatable bonds is 5. The van der Waals surface area contributed by atoms with Crippen molar-refractivity contribution in [2.75, 3.05) is 0 Å². The lowest BCUT2D eigenvalue weighted by molar-refractivity contribution is -0.129. The summed E-state index contributed by atoms with van der Waals surface area (Å²) >= 11 is 12.3. The smallest absolute Gasteiger partial charge is 0.363 e. The molecule has 0 bridgehead atoms. The van der Waals surface area contributed by atoms with Crippen molar-refractivity contribution < 1.29 is 14.3 Å². The lowest BCUT2D eigenvalue weighted by atomic mass is 10.2. The Kier molecular flexibility index (Phi) is 5.65. The first-order chi connectivity index (χ1) is 14.1. The van der Waals surface area contributed by atoms with Gasteiger partial charge in [-0.2, -0.15) is 0 Å². The molecule has 0 N–H and O–H groups in total. The van der Waals surface area contributed by atoms with Gasteiger partial charge in [-0.3, -0.25) is 0 Å². The van der Waals surface area contributed by atoms with Crippen molar-refractivity contribution in [2.24, 2.45) is 4.99 Å². The van der Waals surface area contributed by atoms with Crippen LogP contribution in [-0.2, 0) is 16.1 Å². The molecule has 4 nitrogen and oxygen atoms in total. The predicted molar refractivity (Wildman–Crippen MR) is 114 cm³/mol. The molecule has 1 heterocycles. The van der Waals surface area contributed by atoms with Crippen LogP contribution in [0.5, 0.6) is 5.75 Å². The van der Waals surface area contributed by atoms with Crippen LogP contribution in [0.15, 0.2) is 83.5 Å². The number of hydrogen-bond donors (Lipinski definition) is 0. The lowest BCUT2D eigenvalue weighted by Crippen LogP contribution is -2.05. The van der Waals surface area contributed by atoms with Gasteiger partial charge in [0.2, 0.25) is 5.90 Å². The average Bonchev–Trinajstić information content (AvgIpc) is 3.09. The second kappa shape index (κ2) is 8.52. The van der Waals surface area contributed by atoms with Gasteiger partial charge in [0.05, 0.1) is 10.6 Å². The molecule has 1 aliphatic rings. The Balaban J connectivity index is 1.48. The minimum absolute atomic E-state index is 0.201. The van der Waals surface area contributed by atoms with Crippen molar-refractivity contribution in [1.29, 1.82) is 0 Å². The zero-order valence-corrected chi connectivity index (χ0v) is 16.7. The number of benzene rings is 3. The summed E-state index contributed by atoms with van der Waals surface area (Å²) in [5.41, 5.74) is 2.50. The predicted octanol–water partition coefficient (Wildman–Crippen LogP) is 5.92. The van der Waals surface area contributed by atoms with E-state index in [-0.39, 0.29) is 11.6 Å². The van der Waals surface area contributed by atoms with Crippen LogP contribution in [0.2, 0.25) is 10.0 Å². The molecule has 144 valence electrons. The molecule has 0 radical (unpaired) electrons. The third-order valence-electron chi connectivity index (χ3n) is 4.26. The van der Waals surface area contributed by atoms with Crippen LogP contribution in [0.1, 0.15) is 16.7 Å². The average molecular weight is 424 g/mol. The Bertz CT molecular complexity index is 1120. The molecule has 1 aliphatic heterocycles. The Morgan fingerprint density at radius 3 is 2.31 bits per heavy atom. The number of carbonyl (C=O) groups is 1. The van der Waals surface area contributed by atoms with Crippen molar-refractivity contribution in [3.05, 3.63) is 105 Å². The van der Waals surface area contributed by atoms with Crippen LogP contribution in [0.3, 0.4) is 0 Å². The van der Waals surface area contributed by atoms with Crippen LogP contribution >= 0.6 is 23.2 Å². The fourth-order valence-corrected chi connectivity index (χ4v) is 3.16. The quantitative estimate of drug-likeness (QED) is 0.378. The maximum absolute atomic E-state index is 12.1. The van der Waals surface area contributed by atoms with Gasteiger partial charge >= 0.3 is 5.97 Å². The van der Waals surface area contributed by atoms with E-state index in [1.807, 2.05) is 48.5 Å². The van der Waals surface area contributed by atoms with Crippen molar-refractivity contribution in [3.8, 4) is 5.75 Å². The first kappa shape index (κ1) is 19.2. The summed E-state index contributed by atoms with van der Waals surface area (Å²) in [4.78, 5) is 16.4. The molecule has 0 aliphatic carbocycles. The molecule has 0 saturated heterocycles. The molecule has 0 atom stereocenters. The minimum atomic E-state index is -0.515. The van der Waals surface area contributed by atoms with Crippen molar-refractivity contribution >= 4 is 41.1 Å². The zero-order valence-electron chi connectivity index (χ0n) is 15.1. The summed E-state index contributed by atoms with van der Waals surface area (Å²) in [7, 11) is 0. The Morgan fingerprint density at radius 1 is 0.897 bits per heavy atom. The molecule has 29 heavy (non-hydrogen) atoms. The highest BCUT2D eigenvalue weighted by molar-refractivity contribution is 6.34. The van der Waals surface area contributed by atoms with Crippen molar-refractivity contribution in [2.45, 2.75) is 6.61 Å². The number of aliphatic imine (C=N–C) groups is 1. The van der Waals surface area contributed by atoms with E-state index in [4.69, 9.17) is 32.7 Å². The van der Waals surface area contributed by atoms with E-state index >= 15 is 0 Å². The summed E-state index contributed by atoms with van der Waals surface area (Å²) < 4.78 is 11.0. The Hall–Kier alpha value is -3.08. The Labute approximate surface area is 178 Å². The highest BCUT2D eigenvalue weighted by Gasteiger charge is 2.25. The minimum Gasteiger partial charge on any atom is -0.489 e. The second-order valence-electron chi connectivity index (χ2n) is 6.27. The fourth-order valence-electron chi connectivity index (χ4n) is 2.75. The van der Waals surface area contributed by atoms with Gasteiger partial charge in [0.15, 0.2) is 5.70 Å². The van der Waals surface area contributed by atoms with Crippen molar-refractivity contribution in [1.82, 2.24) is 0 Å². The molecule has 0 amide bonds. The fraction of sp³-hybridized carbons (Fsp3) is 0.0435. The topological polar surface area (TPSA) is 47.9 Å². The summed E-state index contributed by atoms with van der Waals surface area (Å²) in [6.45, 7) is 0.373. The summed E-state index contributed by atoms with van der Waals surface area (Å²) in [6, 6.07) is 21.9. The van der Waals surface area contributed by atoms with E-state index in [0.29, 0.717) is 28.0 Å². The van der Waals surface area contributed by atoms with Gasteiger partial charge in [0.25, 0.3) is 0 Å². The van der Waals surface area contributed by atoms with E-state index in [9.17, 15) is 4.79 Å². The van der Waals surface area contributed by atoms with Gasteiger partial charge in [-0.15, -0.1) is 0 Å². The van der Waals surface area contributed by atoms with E-state index < -0.39 is 5.97 Å². The molecule has 0 spiro atoms. The molecule has 0 unspecified atom stereocenters. The van der Waals surface area contributed by atoms with E-state index in [2.05, 4.69) is 4.99 Å². The Morgan fingerprint density at radius 2 is 1.59 bits per heavy atom. The van der Waals surface area contributed by atoms with Crippen LogP contribution in [-0.4, -0.2) is 11.9 Å². The van der Waals surface area contributed by atoms with E-state index in [0.717, 1.165) is 11.1 Å². The molecule has 4 rings (SSSR count). The summed E-state index contributed by atoms with van der Waals surface area (Å²) in [6.07, 6.45) is 1.66. The molecule has 6 heteroatoms. The molecule has 0 saturated carbocycles. The number of halogens is 2. The summed E-state index contributed by atoms with van der Waals surface area (Å²) in [5, 5.41) is 1.14. The lowest BCUT2D eigenvalue weighted by Gasteiger charge is -2.07. The number of nitrogens with zero attached hydrogens (tertiary/aromatic N) is 1. The van der Waals surface area contributed by atoms with Crippen LogP contribution in [0.25, 0.3) is 6.08 Å². The first-order valence-electron chi connectivity index (χ1n) is 8.84. The molecular weight excluding hydrogens is 409 g/mol. The van der Waals surface area contributed by atoms with Gasteiger partial charge in [0, 0.05) is 10.6 Å². The van der Waals surface area contributed by atoms with E-state index in [1.165, 1.54) is 0 Å². The number of carbonyl (C=O) groups excluding carboxylic acids is 1. The zero-order chi connectivity index (χ0) is 20.2. The maximum Gasteiger partial charge on any atom is 0.363 e. The highest BCUT2D eigenvalue weighted by atomic mass is 35.5. The molecular formula is C23H15Cl2NO3. The number of ether oxygens (including phenoxy) is 2. The monoisotopic (exact) mass is 423 g/mol. The normalized spacial score (nSPS) is 14.6. The molecule has 0 aromatic heterocycles. The second-order valence-corrected chi connectivity index (χ2v) is 7.08. The number of esters is 1. The molecule has 3 aromatic carbocycles. The maximum atomic E-state index is 12.1. The SMILES string of the molecule is O=C1OC(c2ccccc2Cl)=N/C1=C/c1ccc(OCc2ccccc2Cl)cc1. The van der Waals surface area contributed by atoms with Gasteiger partial charge in [-0.1, -0.05) is 65.7 Å². The van der Waals surface area contributed by atoms with Crippen LogP contribution < -0.4 is 4.74 Å². The molecule has 0 fully saturated rings. The standard InChI is InChI=1S/C23H15Cl2NO3/c24-19-7-3-1-5-16(19)14-28-17-11-9-15(10-12-17)13-21-23(27)29-22(26-21)18-6-2-4-8-20(18)25/h1-13H,14H2/b21-13+. The van der Waals surface area contributed by atoms with Gasteiger partial charge < -0.3 is 9.47 Å². The van der Waals surface area contributed by atoms with Gasteiger partial charge in [-0.25, -0.2) is 9.79 Å². The van der Waals surface area contributed by atoms with Crippen molar-refractivity contribution in [3.63, 3.8) is 0 Å². The van der Waals surface area contributed by atoms with Crippen LogP contribution in [0, 0.1) is 0 Å². The number of cyclic esters (lactones) is 1. The van der Waals surface area contributed by atoms with Gasteiger partial charge in [0.1, 0.15) is 12.4 Å². The largest absolute Gasteiger partial charge is 0.489 e.